The van der Waals surface area contributed by atoms with Crippen LogP contribution in [0.25, 0.3) is 0 Å². The van der Waals surface area contributed by atoms with Crippen molar-refractivity contribution in [1.82, 2.24) is 0 Å². The Balaban J connectivity index is 0.00000193. The maximum atomic E-state index is 13.5. The van der Waals surface area contributed by atoms with Crippen LogP contribution in [0.4, 0.5) is 0 Å². The first kappa shape index (κ1) is 20.0. The van der Waals surface area contributed by atoms with E-state index < -0.39 is 11.6 Å². The van der Waals surface area contributed by atoms with Crippen LogP contribution >= 0.6 is 0 Å². The summed E-state index contributed by atoms with van der Waals surface area (Å²) < 4.78 is 13.0. The Hall–Kier alpha value is -1.89. The molecule has 3 fully saturated rings. The summed E-state index contributed by atoms with van der Waals surface area (Å²) in [5, 5.41) is 11.7. The number of fused-ring (bicyclic) bond motifs is 7. The number of hydrogen-bond acceptors (Lipinski definition) is 4. The molecule has 2 aromatic carbocycles. The minimum atomic E-state index is -1.85. The van der Waals surface area contributed by atoms with E-state index in [4.69, 9.17) is 9.47 Å². The lowest BCUT2D eigenvalue weighted by atomic mass is 9.83. The fraction of sp³-hybridized carbons (Fsp3) is 0.458. The lowest BCUT2D eigenvalue weighted by Crippen LogP contribution is -3.00. The average Bonchev–Trinajstić information content (AvgIpc) is 3.46. The first-order valence-corrected chi connectivity index (χ1v) is 10.5. The predicted molar refractivity (Wildman–Crippen MR) is 106 cm³/mol. The predicted octanol–water partition coefficient (Wildman–Crippen LogP) is 0.201. The molecule has 1 aliphatic carbocycles. The second kappa shape index (κ2) is 6.55. The van der Waals surface area contributed by atoms with E-state index in [1.807, 2.05) is 24.3 Å². The van der Waals surface area contributed by atoms with Gasteiger partial charge in [0.1, 0.15) is 17.6 Å². The summed E-state index contributed by atoms with van der Waals surface area (Å²) >= 11 is 0. The topological polar surface area (TPSA) is 55.8 Å². The SMILES string of the molecule is C[N+]1(C)C2CC(OC(=O)C3(O)c4ccccc4Oc4ccccc43)CC1[C@H]1CC21.[Br-]. The Morgan fingerprint density at radius 1 is 0.967 bits per heavy atom. The number of carbonyl (C=O) groups is 1. The number of aliphatic hydroxyl groups is 1. The van der Waals surface area contributed by atoms with Crippen LogP contribution in [0.5, 0.6) is 11.5 Å². The van der Waals surface area contributed by atoms with Crippen molar-refractivity contribution in [1.29, 1.82) is 0 Å². The van der Waals surface area contributed by atoms with Crippen LogP contribution in [-0.4, -0.2) is 47.8 Å². The largest absolute Gasteiger partial charge is 1.00 e. The van der Waals surface area contributed by atoms with Crippen molar-refractivity contribution in [3.05, 3.63) is 59.7 Å². The molecule has 1 saturated carbocycles. The normalized spacial score (nSPS) is 33.1. The number of ether oxygens (including phenoxy) is 2. The van der Waals surface area contributed by atoms with Gasteiger partial charge in [0.05, 0.1) is 26.2 Å². The van der Waals surface area contributed by atoms with Gasteiger partial charge in [-0.15, -0.1) is 0 Å². The molecule has 6 heteroatoms. The van der Waals surface area contributed by atoms with Crippen molar-refractivity contribution < 1.29 is 40.8 Å². The molecule has 30 heavy (non-hydrogen) atoms. The minimum absolute atomic E-state index is 0. The van der Waals surface area contributed by atoms with Crippen molar-refractivity contribution in [2.45, 2.75) is 43.1 Å². The van der Waals surface area contributed by atoms with E-state index >= 15 is 0 Å². The van der Waals surface area contributed by atoms with Gasteiger partial charge >= 0.3 is 5.97 Å². The fourth-order valence-corrected chi connectivity index (χ4v) is 6.41. The van der Waals surface area contributed by atoms with Gasteiger partial charge in [-0.3, -0.25) is 0 Å². The maximum Gasteiger partial charge on any atom is 0.348 e. The zero-order chi connectivity index (χ0) is 20.0. The van der Waals surface area contributed by atoms with Gasteiger partial charge in [-0.25, -0.2) is 4.79 Å². The summed E-state index contributed by atoms with van der Waals surface area (Å²) in [6, 6.07) is 15.4. The molecule has 158 valence electrons. The quantitative estimate of drug-likeness (QED) is 0.502. The molecule has 5 atom stereocenters. The molecule has 5 nitrogen and oxygen atoms in total. The van der Waals surface area contributed by atoms with Crippen LogP contribution in [-0.2, 0) is 15.1 Å². The molecule has 0 amide bonds. The number of esters is 1. The van der Waals surface area contributed by atoms with Gasteiger partial charge in [0.25, 0.3) is 0 Å². The Bertz CT molecular complexity index is 956. The van der Waals surface area contributed by atoms with Crippen LogP contribution in [0.15, 0.2) is 48.5 Å². The number of nitrogens with zero attached hydrogens (tertiary/aromatic N) is 1. The van der Waals surface area contributed by atoms with Gasteiger partial charge in [-0.2, -0.15) is 0 Å². The molecule has 0 aromatic heterocycles. The van der Waals surface area contributed by atoms with Gasteiger partial charge in [-0.1, -0.05) is 36.4 Å². The second-order valence-corrected chi connectivity index (χ2v) is 9.63. The third kappa shape index (κ3) is 2.57. The number of benzene rings is 2. The molecule has 3 heterocycles. The van der Waals surface area contributed by atoms with Crippen LogP contribution in [0, 0.1) is 11.8 Å². The molecular weight excluding hydrogens is 446 g/mol. The highest BCUT2D eigenvalue weighted by Crippen LogP contribution is 2.61. The Kier molecular flexibility index (Phi) is 4.38. The minimum Gasteiger partial charge on any atom is -1.00 e. The molecule has 3 aliphatic heterocycles. The van der Waals surface area contributed by atoms with Crippen molar-refractivity contribution >= 4 is 5.97 Å². The lowest BCUT2D eigenvalue weighted by Gasteiger charge is -2.46. The van der Waals surface area contributed by atoms with Crippen molar-refractivity contribution in [2.24, 2.45) is 11.8 Å². The first-order chi connectivity index (χ1) is 13.9. The summed E-state index contributed by atoms with van der Waals surface area (Å²) in [5.41, 5.74) is -0.960. The first-order valence-electron chi connectivity index (χ1n) is 10.5. The Labute approximate surface area is 187 Å². The third-order valence-corrected chi connectivity index (χ3v) is 7.94. The van der Waals surface area contributed by atoms with Crippen LogP contribution in [0.2, 0.25) is 0 Å². The Morgan fingerprint density at radius 3 is 2.00 bits per heavy atom. The molecule has 2 aromatic rings. The van der Waals surface area contributed by atoms with Crippen LogP contribution < -0.4 is 21.7 Å². The van der Waals surface area contributed by atoms with Crippen LogP contribution in [0.3, 0.4) is 0 Å². The molecule has 4 unspecified atom stereocenters. The molecule has 0 spiro atoms. The molecule has 2 bridgehead atoms. The van der Waals surface area contributed by atoms with E-state index in [9.17, 15) is 9.90 Å². The summed E-state index contributed by atoms with van der Waals surface area (Å²) in [6.07, 6.45) is 2.96. The number of rotatable bonds is 2. The van der Waals surface area contributed by atoms with E-state index in [0.717, 1.165) is 29.2 Å². The van der Waals surface area contributed by atoms with Gasteiger partial charge in [0, 0.05) is 35.8 Å². The number of halogens is 1. The van der Waals surface area contributed by atoms with Gasteiger partial charge in [-0.05, 0) is 18.6 Å². The number of quaternary nitrogens is 1. The highest BCUT2D eigenvalue weighted by molar-refractivity contribution is 5.88. The van der Waals surface area contributed by atoms with Crippen LogP contribution in [0.1, 0.15) is 30.4 Å². The summed E-state index contributed by atoms with van der Waals surface area (Å²) in [6.45, 7) is 0. The maximum absolute atomic E-state index is 13.5. The van der Waals surface area contributed by atoms with Gasteiger partial charge in [0.15, 0.2) is 0 Å². The van der Waals surface area contributed by atoms with E-state index in [1.165, 1.54) is 6.42 Å². The molecule has 6 rings (SSSR count). The Morgan fingerprint density at radius 2 is 1.47 bits per heavy atom. The van der Waals surface area contributed by atoms with Gasteiger partial charge in [0.2, 0.25) is 5.60 Å². The zero-order valence-corrected chi connectivity index (χ0v) is 18.7. The van der Waals surface area contributed by atoms with Crippen molar-refractivity contribution in [2.75, 3.05) is 14.1 Å². The monoisotopic (exact) mass is 471 g/mol. The average molecular weight is 472 g/mol. The molecule has 4 aliphatic rings. The van der Waals surface area contributed by atoms with E-state index in [1.54, 1.807) is 24.3 Å². The number of para-hydroxylation sites is 2. The molecular formula is C24H26BrNO4. The number of piperidine rings is 2. The van der Waals surface area contributed by atoms with E-state index in [0.29, 0.717) is 34.7 Å². The highest BCUT2D eigenvalue weighted by atomic mass is 79.9. The molecule has 1 N–H and O–H groups in total. The lowest BCUT2D eigenvalue weighted by molar-refractivity contribution is -0.937. The molecule has 2 saturated heterocycles. The number of carbonyl (C=O) groups excluding carboxylic acids is 1. The summed E-state index contributed by atoms with van der Waals surface area (Å²) in [4.78, 5) is 13.5. The fourth-order valence-electron chi connectivity index (χ4n) is 6.41. The zero-order valence-electron chi connectivity index (χ0n) is 17.1. The van der Waals surface area contributed by atoms with E-state index in [2.05, 4.69) is 14.1 Å². The summed E-state index contributed by atoms with van der Waals surface area (Å²) in [5.74, 6) is 1.96. The summed E-state index contributed by atoms with van der Waals surface area (Å²) in [7, 11) is 4.63. The van der Waals surface area contributed by atoms with Crippen molar-refractivity contribution in [3.8, 4) is 11.5 Å². The molecule has 0 radical (unpaired) electrons. The second-order valence-electron chi connectivity index (χ2n) is 9.63. The third-order valence-electron chi connectivity index (χ3n) is 7.94. The standard InChI is InChI=1S/C24H26NO4.BrH/c1-25(2)19-11-14(12-20(25)16-13-15(16)19)28-23(26)24(27)17-7-3-5-9-21(17)29-22-10-6-4-8-18(22)24;/h3-10,14-16,19-20,27H,11-13H2,1-2H3;1H/q+1;/p-1/t14?,15-,16?,19?,20?;/m0./s1. The van der Waals surface area contributed by atoms with Gasteiger partial charge < -0.3 is 36.0 Å². The smallest absolute Gasteiger partial charge is 0.348 e. The van der Waals surface area contributed by atoms with E-state index in [-0.39, 0.29) is 23.1 Å². The number of hydrogen-bond donors (Lipinski definition) is 1. The highest BCUT2D eigenvalue weighted by Gasteiger charge is 2.68. The van der Waals surface area contributed by atoms with Crippen molar-refractivity contribution in [3.63, 3.8) is 0 Å².